The van der Waals surface area contributed by atoms with Crippen molar-refractivity contribution >= 4 is 38.8 Å². The maximum absolute atomic E-state index is 12.5. The number of aromatic nitrogens is 2. The molecule has 1 aliphatic heterocycles. The number of thiophene rings is 1. The number of anilines is 1. The molecular formula is C19H18N4O4S2. The summed E-state index contributed by atoms with van der Waals surface area (Å²) in [7, 11) is -3.31. The van der Waals surface area contributed by atoms with Crippen LogP contribution in [0.15, 0.2) is 41.8 Å². The highest BCUT2D eigenvalue weighted by molar-refractivity contribution is 7.90. The lowest BCUT2D eigenvalue weighted by atomic mass is 10.2. The van der Waals surface area contributed by atoms with Gasteiger partial charge in [0, 0.05) is 10.4 Å². The van der Waals surface area contributed by atoms with Crippen LogP contribution in [-0.4, -0.2) is 30.0 Å². The Hall–Kier alpha value is -2.98. The molecule has 3 aromatic rings. The standard InChI is InChI=1S/C19H18N4O4S2/c1-12-4-6-13(7-5-12)23-17(15-10-29(26,27)11-16(15)22-23)21-19(25)18(24)20-9-14-3-2-8-28-14/h2-8H,9-11H2,1H3,(H,20,24)(H,21,25). The van der Waals surface area contributed by atoms with E-state index in [0.717, 1.165) is 10.4 Å². The van der Waals surface area contributed by atoms with Gasteiger partial charge in [-0.05, 0) is 30.5 Å². The average molecular weight is 431 g/mol. The fraction of sp³-hybridized carbons (Fsp3) is 0.211. The Labute approximate surface area is 171 Å². The zero-order valence-electron chi connectivity index (χ0n) is 15.5. The van der Waals surface area contributed by atoms with Crippen molar-refractivity contribution in [2.75, 3.05) is 5.32 Å². The molecule has 0 saturated carbocycles. The molecule has 8 nitrogen and oxygen atoms in total. The van der Waals surface area contributed by atoms with Crippen molar-refractivity contribution in [2.45, 2.75) is 25.0 Å². The van der Waals surface area contributed by atoms with Crippen molar-refractivity contribution in [1.29, 1.82) is 0 Å². The number of carbonyl (C=O) groups is 2. The first-order valence-corrected chi connectivity index (χ1v) is 11.5. The van der Waals surface area contributed by atoms with E-state index in [-0.39, 0.29) is 23.9 Å². The molecule has 0 spiro atoms. The van der Waals surface area contributed by atoms with Crippen molar-refractivity contribution in [3.63, 3.8) is 0 Å². The summed E-state index contributed by atoms with van der Waals surface area (Å²) >= 11 is 1.47. The Morgan fingerprint density at radius 1 is 1.14 bits per heavy atom. The summed E-state index contributed by atoms with van der Waals surface area (Å²) in [5.74, 6) is -1.87. The highest BCUT2D eigenvalue weighted by Gasteiger charge is 2.33. The van der Waals surface area contributed by atoms with Gasteiger partial charge in [-0.3, -0.25) is 9.59 Å². The van der Waals surface area contributed by atoms with Crippen LogP contribution in [-0.2, 0) is 37.5 Å². The first-order valence-electron chi connectivity index (χ1n) is 8.82. The average Bonchev–Trinajstić information content (AvgIpc) is 3.36. The Balaban J connectivity index is 1.60. The molecule has 0 aliphatic carbocycles. The van der Waals surface area contributed by atoms with E-state index in [1.165, 1.54) is 16.0 Å². The van der Waals surface area contributed by atoms with Crippen molar-refractivity contribution < 1.29 is 18.0 Å². The van der Waals surface area contributed by atoms with Crippen molar-refractivity contribution in [1.82, 2.24) is 15.1 Å². The number of hydrogen-bond donors (Lipinski definition) is 2. The highest BCUT2D eigenvalue weighted by Crippen LogP contribution is 2.33. The maximum atomic E-state index is 12.5. The van der Waals surface area contributed by atoms with Gasteiger partial charge in [0.2, 0.25) is 0 Å². The van der Waals surface area contributed by atoms with E-state index in [9.17, 15) is 18.0 Å². The van der Waals surface area contributed by atoms with Crippen LogP contribution in [0.25, 0.3) is 5.69 Å². The first-order chi connectivity index (χ1) is 13.8. The minimum absolute atomic E-state index is 0.186. The number of aryl methyl sites for hydroxylation is 1. The van der Waals surface area contributed by atoms with Gasteiger partial charge >= 0.3 is 11.8 Å². The van der Waals surface area contributed by atoms with Crippen LogP contribution >= 0.6 is 11.3 Å². The summed E-state index contributed by atoms with van der Waals surface area (Å²) in [5, 5.41) is 11.4. The third-order valence-electron chi connectivity index (χ3n) is 4.51. The molecule has 2 aromatic heterocycles. The summed E-state index contributed by atoms with van der Waals surface area (Å²) in [5.41, 5.74) is 2.52. The van der Waals surface area contributed by atoms with Crippen LogP contribution in [0, 0.1) is 6.92 Å². The van der Waals surface area contributed by atoms with Gasteiger partial charge < -0.3 is 10.6 Å². The molecule has 4 rings (SSSR count). The van der Waals surface area contributed by atoms with E-state index in [4.69, 9.17) is 0 Å². The van der Waals surface area contributed by atoms with Gasteiger partial charge in [-0.1, -0.05) is 23.8 Å². The highest BCUT2D eigenvalue weighted by atomic mass is 32.2. The van der Waals surface area contributed by atoms with E-state index >= 15 is 0 Å². The number of nitrogens with zero attached hydrogens (tertiary/aromatic N) is 2. The lowest BCUT2D eigenvalue weighted by Gasteiger charge is -2.11. The van der Waals surface area contributed by atoms with Crippen LogP contribution in [0.4, 0.5) is 5.82 Å². The molecule has 2 amide bonds. The monoisotopic (exact) mass is 430 g/mol. The maximum Gasteiger partial charge on any atom is 0.314 e. The zero-order chi connectivity index (χ0) is 20.6. The summed E-state index contributed by atoms with van der Waals surface area (Å²) in [4.78, 5) is 25.6. The molecule has 0 unspecified atom stereocenters. The SMILES string of the molecule is Cc1ccc(-n2nc3c(c2NC(=O)C(=O)NCc2cccs2)CS(=O)(=O)C3)cc1. The second kappa shape index (κ2) is 7.45. The molecule has 29 heavy (non-hydrogen) atoms. The quantitative estimate of drug-likeness (QED) is 0.615. The Morgan fingerprint density at radius 2 is 1.90 bits per heavy atom. The Morgan fingerprint density at radius 3 is 2.59 bits per heavy atom. The lowest BCUT2D eigenvalue weighted by Crippen LogP contribution is -2.35. The van der Waals surface area contributed by atoms with Crippen LogP contribution < -0.4 is 10.6 Å². The van der Waals surface area contributed by atoms with Gasteiger partial charge in [0.15, 0.2) is 9.84 Å². The molecule has 150 valence electrons. The summed E-state index contributed by atoms with van der Waals surface area (Å²) < 4.78 is 25.5. The number of amides is 2. The lowest BCUT2D eigenvalue weighted by molar-refractivity contribution is -0.136. The molecular weight excluding hydrogens is 412 g/mol. The topological polar surface area (TPSA) is 110 Å². The van der Waals surface area contributed by atoms with Gasteiger partial charge in [0.1, 0.15) is 5.82 Å². The molecule has 0 fully saturated rings. The van der Waals surface area contributed by atoms with Gasteiger partial charge in [0.05, 0.1) is 29.4 Å². The smallest absolute Gasteiger partial charge is 0.314 e. The summed E-state index contributed by atoms with van der Waals surface area (Å²) in [6.07, 6.45) is 0. The fourth-order valence-electron chi connectivity index (χ4n) is 3.07. The number of nitrogens with one attached hydrogen (secondary N) is 2. The predicted octanol–water partition coefficient (Wildman–Crippen LogP) is 1.93. The van der Waals surface area contributed by atoms with Crippen molar-refractivity contribution in [2.24, 2.45) is 0 Å². The third-order valence-corrected chi connectivity index (χ3v) is 6.83. The molecule has 0 atom stereocenters. The number of sulfone groups is 1. The number of hydrogen-bond acceptors (Lipinski definition) is 6. The van der Waals surface area contributed by atoms with Gasteiger partial charge in [-0.25, -0.2) is 13.1 Å². The molecule has 10 heteroatoms. The molecule has 2 N–H and O–H groups in total. The van der Waals surface area contributed by atoms with Crippen LogP contribution in [0.1, 0.15) is 21.7 Å². The third kappa shape index (κ3) is 4.08. The van der Waals surface area contributed by atoms with Crippen LogP contribution in [0.2, 0.25) is 0 Å². The molecule has 0 bridgehead atoms. The molecule has 0 radical (unpaired) electrons. The molecule has 1 aromatic carbocycles. The van der Waals surface area contributed by atoms with E-state index < -0.39 is 21.7 Å². The van der Waals surface area contributed by atoms with Gasteiger partial charge in [0.25, 0.3) is 0 Å². The van der Waals surface area contributed by atoms with E-state index in [1.807, 2.05) is 48.7 Å². The van der Waals surface area contributed by atoms with Crippen LogP contribution in [0.3, 0.4) is 0 Å². The second-order valence-electron chi connectivity index (χ2n) is 6.77. The molecule has 1 aliphatic rings. The second-order valence-corrected chi connectivity index (χ2v) is 9.87. The van der Waals surface area contributed by atoms with Crippen molar-refractivity contribution in [3.8, 4) is 5.69 Å². The van der Waals surface area contributed by atoms with E-state index in [1.54, 1.807) is 0 Å². The van der Waals surface area contributed by atoms with Crippen LogP contribution in [0.5, 0.6) is 0 Å². The number of fused-ring (bicyclic) bond motifs is 1. The minimum Gasteiger partial charge on any atom is -0.343 e. The van der Waals surface area contributed by atoms with Gasteiger partial charge in [-0.15, -0.1) is 11.3 Å². The zero-order valence-corrected chi connectivity index (χ0v) is 17.1. The number of rotatable bonds is 4. The largest absolute Gasteiger partial charge is 0.343 e. The van der Waals surface area contributed by atoms with Gasteiger partial charge in [-0.2, -0.15) is 5.10 Å². The Bertz CT molecular complexity index is 1180. The summed E-state index contributed by atoms with van der Waals surface area (Å²) in [6, 6.07) is 11.1. The van der Waals surface area contributed by atoms with E-state index in [2.05, 4.69) is 15.7 Å². The number of carbonyl (C=O) groups excluding carboxylic acids is 2. The van der Waals surface area contributed by atoms with Crippen molar-refractivity contribution in [3.05, 3.63) is 63.5 Å². The Kier molecular flexibility index (Phi) is 4.97. The molecule has 0 saturated heterocycles. The predicted molar refractivity (Wildman–Crippen MR) is 109 cm³/mol. The number of benzene rings is 1. The van der Waals surface area contributed by atoms with E-state index in [0.29, 0.717) is 16.9 Å². The normalized spacial score (nSPS) is 14.4. The summed E-state index contributed by atoms with van der Waals surface area (Å²) in [6.45, 7) is 2.19. The molecule has 3 heterocycles. The fourth-order valence-corrected chi connectivity index (χ4v) is 5.21. The first kappa shape index (κ1) is 19.3. The minimum atomic E-state index is -3.31.